The highest BCUT2D eigenvalue weighted by Gasteiger charge is 2.22. The number of nitrogens with one attached hydrogen (secondary N) is 2. The number of carboxylic acid groups (broad SMARTS) is 1. The van der Waals surface area contributed by atoms with Crippen LogP contribution in [0.25, 0.3) is 0 Å². The topological polar surface area (TPSA) is 108 Å². The molecular weight excluding hydrogens is 338 g/mol. The molecule has 142 valence electrons. The molecule has 0 aliphatic carbocycles. The smallest absolute Gasteiger partial charge is 0.319 e. The van der Waals surface area contributed by atoms with E-state index in [0.29, 0.717) is 44.0 Å². The van der Waals surface area contributed by atoms with Crippen LogP contribution in [0.5, 0.6) is 0 Å². The Bertz CT molecular complexity index is 651. The Morgan fingerprint density at radius 3 is 2.35 bits per heavy atom. The standard InChI is InChI=1S/C18H25N3O5/c1-18(2,8-7-15(22)23)20-17(25)19-14-5-3-13(4-6-14)16(24)21-9-11-26-12-10-21/h3-6H,7-12H2,1-2H3,(H,22,23)(H2,19,20,25). The summed E-state index contributed by atoms with van der Waals surface area (Å²) < 4.78 is 5.24. The van der Waals surface area contributed by atoms with E-state index in [-0.39, 0.29) is 12.3 Å². The van der Waals surface area contributed by atoms with Gasteiger partial charge in [-0.1, -0.05) is 0 Å². The largest absolute Gasteiger partial charge is 0.481 e. The normalized spacial score (nSPS) is 14.6. The van der Waals surface area contributed by atoms with Crippen molar-refractivity contribution in [3.8, 4) is 0 Å². The maximum atomic E-state index is 12.4. The van der Waals surface area contributed by atoms with Gasteiger partial charge in [0.2, 0.25) is 0 Å². The van der Waals surface area contributed by atoms with Crippen LogP contribution >= 0.6 is 0 Å². The number of hydrogen-bond donors (Lipinski definition) is 3. The van der Waals surface area contributed by atoms with Crippen molar-refractivity contribution >= 4 is 23.6 Å². The zero-order valence-corrected chi connectivity index (χ0v) is 15.1. The predicted molar refractivity (Wildman–Crippen MR) is 96.3 cm³/mol. The third kappa shape index (κ3) is 6.03. The van der Waals surface area contributed by atoms with E-state index in [9.17, 15) is 14.4 Å². The Morgan fingerprint density at radius 1 is 1.15 bits per heavy atom. The van der Waals surface area contributed by atoms with Gasteiger partial charge >= 0.3 is 12.0 Å². The van der Waals surface area contributed by atoms with Gasteiger partial charge in [-0.15, -0.1) is 0 Å². The molecule has 2 rings (SSSR count). The SMILES string of the molecule is CC(C)(CCC(=O)O)NC(=O)Nc1ccc(C(=O)N2CCOCC2)cc1. The molecule has 8 heteroatoms. The van der Waals surface area contributed by atoms with Crippen LogP contribution in [0.4, 0.5) is 10.5 Å². The summed E-state index contributed by atoms with van der Waals surface area (Å²) >= 11 is 0. The number of amides is 3. The molecule has 3 amide bonds. The minimum atomic E-state index is -0.902. The van der Waals surface area contributed by atoms with Gasteiger partial charge in [0.05, 0.1) is 13.2 Å². The van der Waals surface area contributed by atoms with Crippen LogP contribution in [-0.4, -0.2) is 59.8 Å². The average Bonchev–Trinajstić information content (AvgIpc) is 2.60. The molecule has 0 atom stereocenters. The lowest BCUT2D eigenvalue weighted by Gasteiger charge is -2.27. The zero-order valence-electron chi connectivity index (χ0n) is 15.1. The molecule has 1 aromatic carbocycles. The van der Waals surface area contributed by atoms with Gasteiger partial charge in [0, 0.05) is 36.3 Å². The second kappa shape index (κ2) is 8.66. The van der Waals surface area contributed by atoms with Crippen molar-refractivity contribution in [3.05, 3.63) is 29.8 Å². The lowest BCUT2D eigenvalue weighted by molar-refractivity contribution is -0.137. The van der Waals surface area contributed by atoms with Crippen molar-refractivity contribution in [1.82, 2.24) is 10.2 Å². The Kier molecular flexibility index (Phi) is 6.57. The summed E-state index contributed by atoms with van der Waals surface area (Å²) in [7, 11) is 0. The number of carbonyl (C=O) groups excluding carboxylic acids is 2. The molecule has 1 aliphatic heterocycles. The number of morpholine rings is 1. The van der Waals surface area contributed by atoms with Crippen molar-refractivity contribution in [2.45, 2.75) is 32.2 Å². The summed E-state index contributed by atoms with van der Waals surface area (Å²) in [4.78, 5) is 36.8. The molecule has 1 aliphatic rings. The predicted octanol–water partition coefficient (Wildman–Crippen LogP) is 1.92. The third-order valence-corrected chi connectivity index (χ3v) is 4.10. The van der Waals surface area contributed by atoms with E-state index in [4.69, 9.17) is 9.84 Å². The van der Waals surface area contributed by atoms with Crippen LogP contribution in [0.15, 0.2) is 24.3 Å². The molecule has 0 radical (unpaired) electrons. The molecule has 0 unspecified atom stereocenters. The van der Waals surface area contributed by atoms with E-state index in [1.807, 2.05) is 0 Å². The first kappa shape index (κ1) is 19.7. The number of carboxylic acids is 1. The number of ether oxygens (including phenoxy) is 1. The van der Waals surface area contributed by atoms with Crippen LogP contribution in [0, 0.1) is 0 Å². The number of nitrogens with zero attached hydrogens (tertiary/aromatic N) is 1. The molecule has 3 N–H and O–H groups in total. The van der Waals surface area contributed by atoms with E-state index in [1.165, 1.54) is 0 Å². The van der Waals surface area contributed by atoms with Crippen LogP contribution in [-0.2, 0) is 9.53 Å². The first-order valence-corrected chi connectivity index (χ1v) is 8.55. The molecule has 0 bridgehead atoms. The van der Waals surface area contributed by atoms with Gasteiger partial charge in [-0.3, -0.25) is 9.59 Å². The molecule has 0 aromatic heterocycles. The van der Waals surface area contributed by atoms with E-state index in [1.54, 1.807) is 43.0 Å². The molecule has 26 heavy (non-hydrogen) atoms. The van der Waals surface area contributed by atoms with Gasteiger partial charge in [0.15, 0.2) is 0 Å². The quantitative estimate of drug-likeness (QED) is 0.716. The van der Waals surface area contributed by atoms with Crippen molar-refractivity contribution in [3.63, 3.8) is 0 Å². The highest BCUT2D eigenvalue weighted by molar-refractivity contribution is 5.95. The second-order valence-electron chi connectivity index (χ2n) is 6.84. The fraction of sp³-hybridized carbons (Fsp3) is 0.500. The van der Waals surface area contributed by atoms with Gasteiger partial charge in [-0.2, -0.15) is 0 Å². The maximum Gasteiger partial charge on any atom is 0.319 e. The maximum absolute atomic E-state index is 12.4. The number of carbonyl (C=O) groups is 3. The number of rotatable bonds is 6. The van der Waals surface area contributed by atoms with E-state index in [0.717, 1.165) is 0 Å². The summed E-state index contributed by atoms with van der Waals surface area (Å²) in [5.41, 5.74) is 0.462. The number of hydrogen-bond acceptors (Lipinski definition) is 4. The Hall–Kier alpha value is -2.61. The van der Waals surface area contributed by atoms with Crippen molar-refractivity contribution in [1.29, 1.82) is 0 Å². The van der Waals surface area contributed by atoms with Gasteiger partial charge in [0.25, 0.3) is 5.91 Å². The first-order chi connectivity index (χ1) is 12.3. The van der Waals surface area contributed by atoms with Gasteiger partial charge in [0.1, 0.15) is 0 Å². The Morgan fingerprint density at radius 2 is 1.77 bits per heavy atom. The summed E-state index contributed by atoms with van der Waals surface area (Å²) in [5, 5.41) is 14.2. The molecule has 0 saturated carbocycles. The summed E-state index contributed by atoms with van der Waals surface area (Å²) in [6, 6.07) is 6.24. The number of aliphatic carboxylic acids is 1. The zero-order chi connectivity index (χ0) is 19.2. The van der Waals surface area contributed by atoms with E-state index < -0.39 is 17.5 Å². The molecule has 1 heterocycles. The molecule has 1 fully saturated rings. The van der Waals surface area contributed by atoms with Gasteiger partial charge in [-0.05, 0) is 44.5 Å². The molecule has 1 saturated heterocycles. The molecule has 0 spiro atoms. The molecule has 8 nitrogen and oxygen atoms in total. The summed E-state index contributed by atoms with van der Waals surface area (Å²) in [6.45, 7) is 5.77. The van der Waals surface area contributed by atoms with Crippen LogP contribution in [0.3, 0.4) is 0 Å². The highest BCUT2D eigenvalue weighted by Crippen LogP contribution is 2.14. The molecule has 1 aromatic rings. The van der Waals surface area contributed by atoms with Crippen LogP contribution < -0.4 is 10.6 Å². The third-order valence-electron chi connectivity index (χ3n) is 4.10. The average molecular weight is 363 g/mol. The summed E-state index contributed by atoms with van der Waals surface area (Å²) in [5.74, 6) is -0.958. The Labute approximate surface area is 152 Å². The fourth-order valence-electron chi connectivity index (χ4n) is 2.60. The first-order valence-electron chi connectivity index (χ1n) is 8.55. The van der Waals surface area contributed by atoms with Gasteiger partial charge in [-0.25, -0.2) is 4.79 Å². The minimum Gasteiger partial charge on any atom is -0.481 e. The van der Waals surface area contributed by atoms with Crippen molar-refractivity contribution in [2.75, 3.05) is 31.6 Å². The monoisotopic (exact) mass is 363 g/mol. The van der Waals surface area contributed by atoms with Crippen LogP contribution in [0.2, 0.25) is 0 Å². The van der Waals surface area contributed by atoms with E-state index >= 15 is 0 Å². The van der Waals surface area contributed by atoms with E-state index in [2.05, 4.69) is 10.6 Å². The lowest BCUT2D eigenvalue weighted by Crippen LogP contribution is -2.45. The molecular formula is C18H25N3O5. The Balaban J connectivity index is 1.88. The highest BCUT2D eigenvalue weighted by atomic mass is 16.5. The minimum absolute atomic E-state index is 0.0222. The van der Waals surface area contributed by atoms with Crippen LogP contribution in [0.1, 0.15) is 37.0 Å². The van der Waals surface area contributed by atoms with Crippen molar-refractivity contribution in [2.24, 2.45) is 0 Å². The fourth-order valence-corrected chi connectivity index (χ4v) is 2.60. The van der Waals surface area contributed by atoms with Gasteiger partial charge < -0.3 is 25.4 Å². The second-order valence-corrected chi connectivity index (χ2v) is 6.84. The number of anilines is 1. The lowest BCUT2D eigenvalue weighted by atomic mass is 9.99. The summed E-state index contributed by atoms with van der Waals surface area (Å²) in [6.07, 6.45) is 0.300. The van der Waals surface area contributed by atoms with Crippen molar-refractivity contribution < 1.29 is 24.2 Å². The number of benzene rings is 1. The number of urea groups is 1.